The van der Waals surface area contributed by atoms with Gasteiger partial charge in [-0.2, -0.15) is 0 Å². The highest BCUT2D eigenvalue weighted by atomic mass is 35.5. The van der Waals surface area contributed by atoms with Gasteiger partial charge >= 0.3 is 0 Å². The van der Waals surface area contributed by atoms with Crippen LogP contribution in [0.2, 0.25) is 5.15 Å². The van der Waals surface area contributed by atoms with Crippen molar-refractivity contribution < 1.29 is 4.79 Å². The summed E-state index contributed by atoms with van der Waals surface area (Å²) in [6.45, 7) is 1.75. The molecule has 0 fully saturated rings. The second-order valence-corrected chi connectivity index (χ2v) is 4.21. The summed E-state index contributed by atoms with van der Waals surface area (Å²) in [5.41, 5.74) is 1.39. The van der Waals surface area contributed by atoms with Gasteiger partial charge in [0.25, 0.3) is 0 Å². The number of halogens is 1. The summed E-state index contributed by atoms with van der Waals surface area (Å²) in [5.74, 6) is 0.0754. The molecule has 94 valence electrons. The molecule has 1 atom stereocenters. The molecule has 0 radical (unpaired) electrons. The molecule has 1 aromatic heterocycles. The van der Waals surface area contributed by atoms with Gasteiger partial charge in [0.2, 0.25) is 5.91 Å². The highest BCUT2D eigenvalue weighted by molar-refractivity contribution is 6.32. The molecular weight excluding hydrogens is 252 g/mol. The van der Waals surface area contributed by atoms with E-state index in [2.05, 4.69) is 20.6 Å². The van der Waals surface area contributed by atoms with Crippen LogP contribution in [0.4, 0.5) is 5.82 Å². The molecule has 0 bridgehead atoms. The van der Waals surface area contributed by atoms with Crippen molar-refractivity contribution in [2.75, 3.05) is 12.4 Å². The van der Waals surface area contributed by atoms with E-state index in [0.29, 0.717) is 11.0 Å². The number of hydrogen-bond acceptors (Lipinski definition) is 4. The van der Waals surface area contributed by atoms with E-state index in [4.69, 9.17) is 11.6 Å². The number of likely N-dealkylation sites (N-methyl/N-ethyl adjacent to an activating group) is 1. The second-order valence-electron chi connectivity index (χ2n) is 3.85. The number of para-hydroxylation sites is 2. The molecule has 6 heteroatoms. The Bertz CT molecular complexity index is 587. The maximum atomic E-state index is 11.7. The first kappa shape index (κ1) is 12.7. The number of anilines is 1. The van der Waals surface area contributed by atoms with Gasteiger partial charge in [0, 0.05) is 0 Å². The molecule has 5 nitrogen and oxygen atoms in total. The minimum Gasteiger partial charge on any atom is -0.309 e. The lowest BCUT2D eigenvalue weighted by atomic mass is 10.3. The van der Waals surface area contributed by atoms with Crippen LogP contribution in [0.5, 0.6) is 0 Å². The fraction of sp³-hybridized carbons (Fsp3) is 0.250. The molecule has 0 saturated carbocycles. The zero-order valence-electron chi connectivity index (χ0n) is 10.1. The Hall–Kier alpha value is -1.72. The van der Waals surface area contributed by atoms with Gasteiger partial charge in [-0.05, 0) is 26.1 Å². The summed E-state index contributed by atoms with van der Waals surface area (Å²) in [6.07, 6.45) is 0. The topological polar surface area (TPSA) is 66.9 Å². The lowest BCUT2D eigenvalue weighted by Crippen LogP contribution is -2.35. The van der Waals surface area contributed by atoms with Gasteiger partial charge < -0.3 is 10.6 Å². The fourth-order valence-electron chi connectivity index (χ4n) is 1.41. The van der Waals surface area contributed by atoms with Gasteiger partial charge in [0.15, 0.2) is 11.0 Å². The first-order valence-corrected chi connectivity index (χ1v) is 5.90. The highest BCUT2D eigenvalue weighted by Gasteiger charge is 2.14. The Morgan fingerprint density at radius 2 is 1.89 bits per heavy atom. The number of hydrogen-bond donors (Lipinski definition) is 2. The molecule has 18 heavy (non-hydrogen) atoms. The third kappa shape index (κ3) is 2.57. The SMILES string of the molecule is CNC(C)C(=O)Nc1nc2ccccc2nc1Cl. The standard InChI is InChI=1S/C12H13ClN4O/c1-7(14-2)12(18)17-11-10(13)15-8-5-3-4-6-9(8)16-11/h3-7,14H,1-2H3,(H,16,17,18). The lowest BCUT2D eigenvalue weighted by Gasteiger charge is -2.11. The van der Waals surface area contributed by atoms with Gasteiger partial charge in [0.05, 0.1) is 17.1 Å². The molecule has 0 saturated heterocycles. The Kier molecular flexibility index (Phi) is 3.74. The first-order valence-electron chi connectivity index (χ1n) is 5.52. The van der Waals surface area contributed by atoms with Gasteiger partial charge in [-0.25, -0.2) is 9.97 Å². The number of carbonyl (C=O) groups excluding carboxylic acids is 1. The number of rotatable bonds is 3. The molecule has 2 N–H and O–H groups in total. The molecule has 0 spiro atoms. The number of carbonyl (C=O) groups is 1. The zero-order chi connectivity index (χ0) is 13.1. The molecule has 0 aliphatic carbocycles. The molecule has 0 aliphatic rings. The molecule has 1 unspecified atom stereocenters. The Morgan fingerprint density at radius 1 is 1.28 bits per heavy atom. The second kappa shape index (κ2) is 5.29. The average molecular weight is 265 g/mol. The molecular formula is C12H13ClN4O. The van der Waals surface area contributed by atoms with E-state index in [9.17, 15) is 4.79 Å². The van der Waals surface area contributed by atoms with Crippen molar-refractivity contribution in [1.29, 1.82) is 0 Å². The third-order valence-electron chi connectivity index (χ3n) is 2.60. The molecule has 1 aromatic carbocycles. The molecule has 2 rings (SSSR count). The van der Waals surface area contributed by atoms with Crippen molar-refractivity contribution in [2.24, 2.45) is 0 Å². The number of nitrogens with zero attached hydrogens (tertiary/aromatic N) is 2. The molecule has 0 aliphatic heterocycles. The van der Waals surface area contributed by atoms with E-state index in [1.54, 1.807) is 14.0 Å². The smallest absolute Gasteiger partial charge is 0.242 e. The Morgan fingerprint density at radius 3 is 2.50 bits per heavy atom. The van der Waals surface area contributed by atoms with Crippen molar-refractivity contribution in [1.82, 2.24) is 15.3 Å². The Balaban J connectivity index is 2.33. The monoisotopic (exact) mass is 264 g/mol. The quantitative estimate of drug-likeness (QED) is 0.888. The molecule has 2 aromatic rings. The summed E-state index contributed by atoms with van der Waals surface area (Å²) in [4.78, 5) is 20.2. The van der Waals surface area contributed by atoms with Crippen LogP contribution in [-0.4, -0.2) is 29.0 Å². The molecule has 1 heterocycles. The summed E-state index contributed by atoms with van der Waals surface area (Å²) < 4.78 is 0. The van der Waals surface area contributed by atoms with E-state index in [-0.39, 0.29) is 22.9 Å². The van der Waals surface area contributed by atoms with E-state index in [0.717, 1.165) is 0 Å². The summed E-state index contributed by atoms with van der Waals surface area (Å²) in [6, 6.07) is 7.02. The van der Waals surface area contributed by atoms with Crippen LogP contribution in [0.25, 0.3) is 11.0 Å². The predicted octanol–water partition coefficient (Wildman–Crippen LogP) is 1.83. The first-order chi connectivity index (χ1) is 8.61. The Labute approximate surface area is 110 Å². The maximum Gasteiger partial charge on any atom is 0.242 e. The predicted molar refractivity (Wildman–Crippen MR) is 71.7 cm³/mol. The largest absolute Gasteiger partial charge is 0.309 e. The van der Waals surface area contributed by atoms with Gasteiger partial charge in [-0.3, -0.25) is 4.79 Å². The third-order valence-corrected chi connectivity index (χ3v) is 2.86. The normalized spacial score (nSPS) is 12.4. The summed E-state index contributed by atoms with van der Waals surface area (Å²) in [5, 5.41) is 5.67. The maximum absolute atomic E-state index is 11.7. The van der Waals surface area contributed by atoms with Crippen LogP contribution in [0.1, 0.15) is 6.92 Å². The lowest BCUT2D eigenvalue weighted by molar-refractivity contribution is -0.117. The summed E-state index contributed by atoms with van der Waals surface area (Å²) >= 11 is 5.99. The van der Waals surface area contributed by atoms with E-state index in [1.165, 1.54) is 0 Å². The van der Waals surface area contributed by atoms with Gasteiger partial charge in [-0.1, -0.05) is 23.7 Å². The number of fused-ring (bicyclic) bond motifs is 1. The van der Waals surface area contributed by atoms with Crippen molar-refractivity contribution in [3.8, 4) is 0 Å². The number of aromatic nitrogens is 2. The minimum absolute atomic E-state index is 0.186. The summed E-state index contributed by atoms with van der Waals surface area (Å²) in [7, 11) is 1.71. The number of benzene rings is 1. The number of nitrogens with one attached hydrogen (secondary N) is 2. The minimum atomic E-state index is -0.325. The van der Waals surface area contributed by atoms with Crippen molar-refractivity contribution >= 4 is 34.4 Å². The van der Waals surface area contributed by atoms with Gasteiger partial charge in [-0.15, -0.1) is 0 Å². The van der Waals surface area contributed by atoms with Crippen LogP contribution in [-0.2, 0) is 4.79 Å². The van der Waals surface area contributed by atoms with Crippen LogP contribution in [0.15, 0.2) is 24.3 Å². The van der Waals surface area contributed by atoms with Crippen LogP contribution in [0, 0.1) is 0 Å². The van der Waals surface area contributed by atoms with Crippen molar-refractivity contribution in [3.05, 3.63) is 29.4 Å². The van der Waals surface area contributed by atoms with Crippen LogP contribution < -0.4 is 10.6 Å². The van der Waals surface area contributed by atoms with Crippen LogP contribution in [0.3, 0.4) is 0 Å². The molecule has 1 amide bonds. The van der Waals surface area contributed by atoms with E-state index in [1.807, 2.05) is 24.3 Å². The highest BCUT2D eigenvalue weighted by Crippen LogP contribution is 2.20. The van der Waals surface area contributed by atoms with Gasteiger partial charge in [0.1, 0.15) is 0 Å². The zero-order valence-corrected chi connectivity index (χ0v) is 10.8. The number of amides is 1. The van der Waals surface area contributed by atoms with Crippen molar-refractivity contribution in [3.63, 3.8) is 0 Å². The van der Waals surface area contributed by atoms with Crippen LogP contribution >= 0.6 is 11.6 Å². The van der Waals surface area contributed by atoms with E-state index >= 15 is 0 Å². The average Bonchev–Trinajstić information content (AvgIpc) is 2.38. The fourth-order valence-corrected chi connectivity index (χ4v) is 1.59. The van der Waals surface area contributed by atoms with E-state index < -0.39 is 0 Å². The van der Waals surface area contributed by atoms with Crippen molar-refractivity contribution in [2.45, 2.75) is 13.0 Å².